The van der Waals surface area contributed by atoms with Gasteiger partial charge in [0.05, 0.1) is 23.9 Å². The zero-order chi connectivity index (χ0) is 19.8. The number of hydrogen-bond donors (Lipinski definition) is 1. The first kappa shape index (κ1) is 17.7. The van der Waals surface area contributed by atoms with Gasteiger partial charge in [0, 0.05) is 11.3 Å². The summed E-state index contributed by atoms with van der Waals surface area (Å²) in [6.07, 6.45) is 1.49. The van der Waals surface area contributed by atoms with Crippen LogP contribution in [0.15, 0.2) is 59.2 Å². The number of hydrogen-bond acceptors (Lipinski definition) is 4. The minimum Gasteiger partial charge on any atom is -0.467 e. The first-order chi connectivity index (χ1) is 13.4. The highest BCUT2D eigenvalue weighted by molar-refractivity contribution is 6.22. The van der Waals surface area contributed by atoms with Crippen LogP contribution in [0.3, 0.4) is 0 Å². The average molecular weight is 374 g/mol. The largest absolute Gasteiger partial charge is 0.467 e. The van der Waals surface area contributed by atoms with Crippen LogP contribution in [0.4, 0.5) is 5.69 Å². The van der Waals surface area contributed by atoms with Crippen molar-refractivity contribution in [3.63, 3.8) is 0 Å². The third kappa shape index (κ3) is 3.09. The number of nitrogens with one attached hydrogen (secondary N) is 1. The molecule has 0 aliphatic carbocycles. The maximum absolute atomic E-state index is 12.7. The van der Waals surface area contributed by atoms with Crippen molar-refractivity contribution < 1.29 is 18.8 Å². The third-order valence-corrected chi connectivity index (χ3v) is 4.77. The molecule has 0 radical (unpaired) electrons. The van der Waals surface area contributed by atoms with Gasteiger partial charge in [0.25, 0.3) is 17.7 Å². The summed E-state index contributed by atoms with van der Waals surface area (Å²) in [5, 5.41) is 2.87. The topological polar surface area (TPSA) is 79.6 Å². The van der Waals surface area contributed by atoms with Gasteiger partial charge in [-0.2, -0.15) is 0 Å². The van der Waals surface area contributed by atoms with Gasteiger partial charge in [-0.3, -0.25) is 19.3 Å². The molecule has 3 aromatic rings. The van der Waals surface area contributed by atoms with Crippen molar-refractivity contribution in [2.75, 3.05) is 5.32 Å². The molecule has 28 heavy (non-hydrogen) atoms. The molecule has 0 bridgehead atoms. The molecule has 0 saturated carbocycles. The summed E-state index contributed by atoms with van der Waals surface area (Å²) in [4.78, 5) is 39.0. The standard InChI is InChI=1S/C22H18N2O4/c1-13-5-6-14(2)19(10-13)23-20(25)15-7-8-17-18(11-15)22(27)24(21(17)26)12-16-4-3-9-28-16/h3-11H,12H2,1-2H3,(H,23,25). The van der Waals surface area contributed by atoms with E-state index in [9.17, 15) is 14.4 Å². The smallest absolute Gasteiger partial charge is 0.261 e. The van der Waals surface area contributed by atoms with Crippen molar-refractivity contribution in [2.24, 2.45) is 0 Å². The van der Waals surface area contributed by atoms with Crippen molar-refractivity contribution in [3.05, 3.63) is 88.4 Å². The monoisotopic (exact) mass is 374 g/mol. The molecule has 2 aromatic carbocycles. The molecule has 3 amide bonds. The fourth-order valence-corrected chi connectivity index (χ4v) is 3.20. The van der Waals surface area contributed by atoms with Gasteiger partial charge >= 0.3 is 0 Å². The summed E-state index contributed by atoms with van der Waals surface area (Å²) in [7, 11) is 0. The maximum Gasteiger partial charge on any atom is 0.261 e. The zero-order valence-corrected chi connectivity index (χ0v) is 15.5. The molecule has 1 N–H and O–H groups in total. The number of amides is 3. The maximum atomic E-state index is 12.7. The molecule has 0 unspecified atom stereocenters. The number of aryl methyl sites for hydroxylation is 2. The predicted molar refractivity (Wildman–Crippen MR) is 103 cm³/mol. The average Bonchev–Trinajstić information content (AvgIpc) is 3.27. The lowest BCUT2D eigenvalue weighted by molar-refractivity contribution is 0.0631. The second-order valence-electron chi connectivity index (χ2n) is 6.81. The van der Waals surface area contributed by atoms with Crippen molar-refractivity contribution in [2.45, 2.75) is 20.4 Å². The van der Waals surface area contributed by atoms with E-state index in [1.54, 1.807) is 18.2 Å². The Hall–Kier alpha value is -3.67. The van der Waals surface area contributed by atoms with E-state index in [-0.39, 0.29) is 18.0 Å². The Kier molecular flexibility index (Phi) is 4.31. The summed E-state index contributed by atoms with van der Waals surface area (Å²) in [5.74, 6) is -0.640. The van der Waals surface area contributed by atoms with Crippen molar-refractivity contribution in [1.82, 2.24) is 4.90 Å². The predicted octanol–water partition coefficient (Wildman–Crippen LogP) is 3.94. The molecule has 6 heteroatoms. The fraction of sp³-hybridized carbons (Fsp3) is 0.136. The molecule has 1 aromatic heterocycles. The van der Waals surface area contributed by atoms with Gasteiger partial charge in [-0.25, -0.2) is 0 Å². The van der Waals surface area contributed by atoms with E-state index >= 15 is 0 Å². The minimum absolute atomic E-state index is 0.0589. The number of anilines is 1. The molecular weight excluding hydrogens is 356 g/mol. The van der Waals surface area contributed by atoms with E-state index in [0.717, 1.165) is 16.0 Å². The van der Waals surface area contributed by atoms with Crippen molar-refractivity contribution >= 4 is 23.4 Å². The van der Waals surface area contributed by atoms with E-state index in [1.807, 2.05) is 32.0 Å². The third-order valence-electron chi connectivity index (χ3n) is 4.77. The van der Waals surface area contributed by atoms with Gasteiger partial charge in [-0.15, -0.1) is 0 Å². The second-order valence-corrected chi connectivity index (χ2v) is 6.81. The Morgan fingerprint density at radius 2 is 1.79 bits per heavy atom. The van der Waals surface area contributed by atoms with Crippen LogP contribution in [-0.2, 0) is 6.54 Å². The summed E-state index contributed by atoms with van der Waals surface area (Å²) >= 11 is 0. The van der Waals surface area contributed by atoms with Gasteiger partial charge in [-0.05, 0) is 61.4 Å². The number of carbonyl (C=O) groups is 3. The van der Waals surface area contributed by atoms with Crippen LogP contribution in [-0.4, -0.2) is 22.6 Å². The Balaban J connectivity index is 1.59. The quantitative estimate of drug-likeness (QED) is 0.702. The lowest BCUT2D eigenvalue weighted by atomic mass is 10.0. The molecule has 1 aliphatic heterocycles. The van der Waals surface area contributed by atoms with Gasteiger partial charge in [0.1, 0.15) is 5.76 Å². The normalized spacial score (nSPS) is 13.0. The van der Waals surface area contributed by atoms with E-state index in [4.69, 9.17) is 4.42 Å². The fourth-order valence-electron chi connectivity index (χ4n) is 3.20. The van der Waals surface area contributed by atoms with Gasteiger partial charge in [-0.1, -0.05) is 12.1 Å². The first-order valence-electron chi connectivity index (χ1n) is 8.85. The van der Waals surface area contributed by atoms with Crippen LogP contribution in [0, 0.1) is 13.8 Å². The molecule has 0 atom stereocenters. The number of furan rings is 1. The molecule has 0 fully saturated rings. The van der Waals surface area contributed by atoms with Crippen LogP contribution >= 0.6 is 0 Å². The Morgan fingerprint density at radius 1 is 1.00 bits per heavy atom. The van der Waals surface area contributed by atoms with Crippen molar-refractivity contribution in [1.29, 1.82) is 0 Å². The Morgan fingerprint density at radius 3 is 2.54 bits per heavy atom. The van der Waals surface area contributed by atoms with E-state index in [2.05, 4.69) is 5.32 Å². The molecule has 140 valence electrons. The van der Waals surface area contributed by atoms with Crippen LogP contribution in [0.5, 0.6) is 0 Å². The first-order valence-corrected chi connectivity index (χ1v) is 8.85. The summed E-state index contributed by atoms with van der Waals surface area (Å²) in [6, 6.07) is 13.7. The van der Waals surface area contributed by atoms with E-state index in [1.165, 1.54) is 18.4 Å². The molecular formula is C22H18N2O4. The van der Waals surface area contributed by atoms with Crippen LogP contribution < -0.4 is 5.32 Å². The number of nitrogens with zero attached hydrogens (tertiary/aromatic N) is 1. The number of fused-ring (bicyclic) bond motifs is 1. The van der Waals surface area contributed by atoms with Gasteiger partial charge < -0.3 is 9.73 Å². The Bertz CT molecular complexity index is 1100. The number of imide groups is 1. The lowest BCUT2D eigenvalue weighted by Crippen LogP contribution is -2.28. The zero-order valence-electron chi connectivity index (χ0n) is 15.5. The van der Waals surface area contributed by atoms with E-state index < -0.39 is 11.8 Å². The van der Waals surface area contributed by atoms with Gasteiger partial charge in [0.2, 0.25) is 0 Å². The second kappa shape index (κ2) is 6.81. The molecule has 0 spiro atoms. The number of rotatable bonds is 4. The molecule has 2 heterocycles. The highest BCUT2D eigenvalue weighted by atomic mass is 16.3. The molecule has 4 rings (SSSR count). The summed E-state index contributed by atoms with van der Waals surface area (Å²) in [5.41, 5.74) is 3.53. The number of carbonyl (C=O) groups excluding carboxylic acids is 3. The molecule has 6 nitrogen and oxygen atoms in total. The highest BCUT2D eigenvalue weighted by Crippen LogP contribution is 2.26. The van der Waals surface area contributed by atoms with Crippen molar-refractivity contribution in [3.8, 4) is 0 Å². The van der Waals surface area contributed by atoms with Crippen LogP contribution in [0.1, 0.15) is 48.0 Å². The van der Waals surface area contributed by atoms with Crippen LogP contribution in [0.25, 0.3) is 0 Å². The molecule has 1 aliphatic rings. The van der Waals surface area contributed by atoms with Crippen LogP contribution in [0.2, 0.25) is 0 Å². The minimum atomic E-state index is -0.433. The lowest BCUT2D eigenvalue weighted by Gasteiger charge is -2.11. The Labute approximate surface area is 161 Å². The SMILES string of the molecule is Cc1ccc(C)c(NC(=O)c2ccc3c(c2)C(=O)N(Cc2ccco2)C3=O)c1. The number of benzene rings is 2. The van der Waals surface area contributed by atoms with E-state index in [0.29, 0.717) is 22.6 Å². The highest BCUT2D eigenvalue weighted by Gasteiger charge is 2.36. The summed E-state index contributed by atoms with van der Waals surface area (Å²) < 4.78 is 5.23. The summed E-state index contributed by atoms with van der Waals surface area (Å²) in [6.45, 7) is 3.91. The van der Waals surface area contributed by atoms with Gasteiger partial charge in [0.15, 0.2) is 0 Å². The molecule has 0 saturated heterocycles.